The zero-order chi connectivity index (χ0) is 23.5. The van der Waals surface area contributed by atoms with Crippen molar-refractivity contribution in [2.24, 2.45) is 0 Å². The summed E-state index contributed by atoms with van der Waals surface area (Å²) in [6.45, 7) is 7.90. The molecule has 0 unspecified atom stereocenters. The van der Waals surface area contributed by atoms with E-state index < -0.39 is 0 Å². The molecule has 0 atom stereocenters. The monoisotopic (exact) mass is 442 g/mol. The molecule has 4 N–H and O–H groups in total. The Kier molecular flexibility index (Phi) is 6.36. The van der Waals surface area contributed by atoms with E-state index in [0.29, 0.717) is 6.42 Å². The van der Waals surface area contributed by atoms with Crippen molar-refractivity contribution >= 4 is 33.9 Å². The van der Waals surface area contributed by atoms with Crippen molar-refractivity contribution in [3.63, 3.8) is 0 Å². The second kappa shape index (κ2) is 9.36. The zero-order valence-corrected chi connectivity index (χ0v) is 19.5. The van der Waals surface area contributed by atoms with Gasteiger partial charge in [0.05, 0.1) is 11.0 Å². The summed E-state index contributed by atoms with van der Waals surface area (Å²) in [5.74, 6) is 0.934. The van der Waals surface area contributed by atoms with Crippen LogP contribution in [-0.2, 0) is 4.79 Å². The van der Waals surface area contributed by atoms with Crippen molar-refractivity contribution < 1.29 is 9.90 Å². The molecule has 0 aliphatic heterocycles. The van der Waals surface area contributed by atoms with E-state index in [4.69, 9.17) is 0 Å². The van der Waals surface area contributed by atoms with Crippen LogP contribution < -0.4 is 5.32 Å². The number of imidazole rings is 1. The number of fused-ring (bicyclic) bond motifs is 2. The number of aromatic hydroxyl groups is 1. The summed E-state index contributed by atoms with van der Waals surface area (Å²) in [7, 11) is 0. The lowest BCUT2D eigenvalue weighted by Gasteiger charge is -2.08. The number of nitrogens with zero attached hydrogens (tertiary/aromatic N) is 1. The first-order valence-corrected chi connectivity index (χ1v) is 11.4. The number of hydrogen-bond acceptors (Lipinski definition) is 3. The maximum atomic E-state index is 12.7. The van der Waals surface area contributed by atoms with Gasteiger partial charge in [0, 0.05) is 39.5 Å². The van der Waals surface area contributed by atoms with Gasteiger partial charge in [-0.25, -0.2) is 4.98 Å². The first kappa shape index (κ1) is 22.4. The highest BCUT2D eigenvalue weighted by molar-refractivity contribution is 5.99. The van der Waals surface area contributed by atoms with Crippen LogP contribution >= 0.6 is 0 Å². The Bertz CT molecular complexity index is 1350. The quantitative estimate of drug-likeness (QED) is 0.252. The molecule has 0 spiro atoms. The lowest BCUT2D eigenvalue weighted by atomic mass is 10.1. The Morgan fingerprint density at radius 2 is 1.94 bits per heavy atom. The number of allylic oxidation sites excluding steroid dienone is 2. The normalized spacial score (nSPS) is 12.6. The van der Waals surface area contributed by atoms with E-state index in [0.717, 1.165) is 68.7 Å². The van der Waals surface area contributed by atoms with Crippen LogP contribution in [0.1, 0.15) is 51.3 Å². The molecule has 6 nitrogen and oxygen atoms in total. The fraction of sp³-hybridized carbons (Fsp3) is 0.259. The number of phenols is 1. The zero-order valence-electron chi connectivity index (χ0n) is 19.5. The second-order valence-electron chi connectivity index (χ2n) is 8.44. The molecule has 33 heavy (non-hydrogen) atoms. The molecule has 1 amide bonds. The summed E-state index contributed by atoms with van der Waals surface area (Å²) in [4.78, 5) is 24.1. The average Bonchev–Trinajstić information content (AvgIpc) is 3.36. The highest BCUT2D eigenvalue weighted by Crippen LogP contribution is 2.28. The molecule has 0 saturated carbocycles. The van der Waals surface area contributed by atoms with E-state index in [9.17, 15) is 9.90 Å². The summed E-state index contributed by atoms with van der Waals surface area (Å²) in [6, 6.07) is 11.7. The molecule has 4 aromatic rings. The van der Waals surface area contributed by atoms with Gasteiger partial charge in [-0.3, -0.25) is 4.79 Å². The number of nitrogens with one attached hydrogen (secondary N) is 3. The minimum absolute atomic E-state index is 0.0563. The van der Waals surface area contributed by atoms with E-state index >= 15 is 0 Å². The predicted molar refractivity (Wildman–Crippen MR) is 135 cm³/mol. The highest BCUT2D eigenvalue weighted by Gasteiger charge is 2.12. The Labute approximate surface area is 193 Å². The van der Waals surface area contributed by atoms with E-state index in [1.165, 1.54) is 0 Å². The molecule has 0 fully saturated rings. The molecule has 4 rings (SSSR count). The van der Waals surface area contributed by atoms with Crippen LogP contribution in [-0.4, -0.2) is 26.0 Å². The van der Waals surface area contributed by atoms with E-state index in [1.807, 2.05) is 51.1 Å². The third kappa shape index (κ3) is 4.85. The molecule has 2 aromatic heterocycles. The van der Waals surface area contributed by atoms with Gasteiger partial charge >= 0.3 is 0 Å². The van der Waals surface area contributed by atoms with Crippen LogP contribution in [0.2, 0.25) is 0 Å². The van der Waals surface area contributed by atoms with Crippen LogP contribution in [0.25, 0.3) is 39.4 Å². The molecular weight excluding hydrogens is 412 g/mol. The lowest BCUT2D eigenvalue weighted by molar-refractivity contribution is -0.116. The number of aromatic amines is 2. The van der Waals surface area contributed by atoms with Crippen LogP contribution in [0, 0.1) is 6.92 Å². The maximum Gasteiger partial charge on any atom is 0.251 e. The molecule has 2 heterocycles. The first-order chi connectivity index (χ1) is 15.9. The van der Waals surface area contributed by atoms with Crippen molar-refractivity contribution in [2.45, 2.75) is 47.0 Å². The van der Waals surface area contributed by atoms with E-state index in [-0.39, 0.29) is 11.7 Å². The third-order valence-electron chi connectivity index (χ3n) is 5.68. The lowest BCUT2D eigenvalue weighted by Crippen LogP contribution is -2.23. The van der Waals surface area contributed by atoms with Gasteiger partial charge in [-0.15, -0.1) is 0 Å². The summed E-state index contributed by atoms with van der Waals surface area (Å²) in [5, 5.41) is 14.0. The average molecular weight is 443 g/mol. The summed E-state index contributed by atoms with van der Waals surface area (Å²) >= 11 is 0. The molecule has 0 saturated heterocycles. The number of phenolic OH excluding ortho intramolecular Hbond substituents is 1. The Morgan fingerprint density at radius 3 is 2.70 bits per heavy atom. The smallest absolute Gasteiger partial charge is 0.251 e. The fourth-order valence-corrected chi connectivity index (χ4v) is 4.00. The Balaban J connectivity index is 1.65. The van der Waals surface area contributed by atoms with Gasteiger partial charge in [-0.05, 0) is 68.7 Å². The molecular formula is C27H30N4O2. The topological polar surface area (TPSA) is 93.8 Å². The van der Waals surface area contributed by atoms with Crippen LogP contribution in [0.15, 0.2) is 53.7 Å². The SMILES string of the molecule is CC/C=C(/C)NC(=O)/C(=C/c1cc2cc(-c3nc4cc(O)c(C)cc4[nH]3)ccc2[nH]1)CCC. The number of H-pyrrole nitrogens is 2. The van der Waals surface area contributed by atoms with Crippen molar-refractivity contribution in [1.29, 1.82) is 0 Å². The molecule has 6 heteroatoms. The van der Waals surface area contributed by atoms with Gasteiger partial charge in [-0.2, -0.15) is 0 Å². The van der Waals surface area contributed by atoms with Gasteiger partial charge in [0.1, 0.15) is 11.6 Å². The molecule has 0 radical (unpaired) electrons. The number of aryl methyl sites for hydroxylation is 1. The molecule has 2 aromatic carbocycles. The minimum Gasteiger partial charge on any atom is -0.508 e. The number of carbonyl (C=O) groups is 1. The number of carbonyl (C=O) groups excluding carboxylic acids is 1. The number of rotatable bonds is 7. The van der Waals surface area contributed by atoms with Crippen molar-refractivity contribution in [3.8, 4) is 17.1 Å². The van der Waals surface area contributed by atoms with Gasteiger partial charge in [-0.1, -0.05) is 26.3 Å². The number of aromatic nitrogens is 3. The van der Waals surface area contributed by atoms with Crippen molar-refractivity contribution in [3.05, 3.63) is 65.0 Å². The highest BCUT2D eigenvalue weighted by atomic mass is 16.3. The van der Waals surface area contributed by atoms with E-state index in [1.54, 1.807) is 6.07 Å². The van der Waals surface area contributed by atoms with Gasteiger partial charge in [0.25, 0.3) is 5.91 Å². The van der Waals surface area contributed by atoms with Gasteiger partial charge in [0.15, 0.2) is 0 Å². The predicted octanol–water partition coefficient (Wildman–Crippen LogP) is 6.34. The second-order valence-corrected chi connectivity index (χ2v) is 8.44. The van der Waals surface area contributed by atoms with Crippen LogP contribution in [0.3, 0.4) is 0 Å². The minimum atomic E-state index is -0.0563. The summed E-state index contributed by atoms with van der Waals surface area (Å²) in [6.07, 6.45) is 6.42. The number of amides is 1. The summed E-state index contributed by atoms with van der Waals surface area (Å²) in [5.41, 5.74) is 6.89. The largest absolute Gasteiger partial charge is 0.508 e. The first-order valence-electron chi connectivity index (χ1n) is 11.4. The molecule has 0 aliphatic rings. The molecule has 0 bridgehead atoms. The maximum absolute atomic E-state index is 12.7. The Hall–Kier alpha value is -3.80. The van der Waals surface area contributed by atoms with Gasteiger partial charge in [0.2, 0.25) is 0 Å². The van der Waals surface area contributed by atoms with E-state index in [2.05, 4.69) is 39.3 Å². The van der Waals surface area contributed by atoms with Crippen LogP contribution in [0.4, 0.5) is 0 Å². The fourth-order valence-electron chi connectivity index (χ4n) is 4.00. The van der Waals surface area contributed by atoms with Crippen molar-refractivity contribution in [2.75, 3.05) is 0 Å². The molecule has 0 aliphatic carbocycles. The number of hydrogen-bond donors (Lipinski definition) is 4. The number of benzene rings is 2. The van der Waals surface area contributed by atoms with Gasteiger partial charge < -0.3 is 20.4 Å². The van der Waals surface area contributed by atoms with Crippen molar-refractivity contribution in [1.82, 2.24) is 20.3 Å². The Morgan fingerprint density at radius 1 is 1.12 bits per heavy atom. The standard InChI is InChI=1S/C27H30N4O2/c1-5-7-17(4)28-27(33)19(8-6-2)13-21-14-20-12-18(9-10-22(20)29-21)26-30-23-11-16(3)25(32)15-24(23)31-26/h7,9-15,29,32H,5-6,8H2,1-4H3,(H,28,33)(H,30,31)/b17-7-,19-13+. The van der Waals surface area contributed by atoms with Crippen LogP contribution in [0.5, 0.6) is 5.75 Å². The third-order valence-corrected chi connectivity index (χ3v) is 5.68. The summed E-state index contributed by atoms with van der Waals surface area (Å²) < 4.78 is 0. The molecule has 170 valence electrons.